The molecule has 1 aliphatic rings. The maximum absolute atomic E-state index is 13.4. The average Bonchev–Trinajstić information content (AvgIpc) is 2.50. The van der Waals surface area contributed by atoms with Gasteiger partial charge in [-0.15, -0.1) is 0 Å². The second kappa shape index (κ2) is 10.2. The van der Waals surface area contributed by atoms with Gasteiger partial charge in [-0.1, -0.05) is 12.2 Å². The number of piperidine rings is 1. The molecular formula is C15H31NO6P2. The third-order valence-corrected chi connectivity index (χ3v) is 9.59. The summed E-state index contributed by atoms with van der Waals surface area (Å²) < 4.78 is 48.9. The third-order valence-electron chi connectivity index (χ3n) is 3.63. The highest BCUT2D eigenvalue weighted by molar-refractivity contribution is 7.72. The third kappa shape index (κ3) is 5.50. The molecule has 0 atom stereocenters. The fourth-order valence-electron chi connectivity index (χ4n) is 2.71. The van der Waals surface area contributed by atoms with Gasteiger partial charge in [0, 0.05) is 13.1 Å². The van der Waals surface area contributed by atoms with E-state index >= 15 is 0 Å². The van der Waals surface area contributed by atoms with Crippen molar-refractivity contribution in [2.45, 2.75) is 46.1 Å². The molecule has 142 valence electrons. The zero-order chi connectivity index (χ0) is 18.2. The molecule has 1 saturated heterocycles. The SMILES string of the molecule is C=C1CCN(C(P(=O)(OCC)OCC)P(=O)(OCC)OCC)CC1. The summed E-state index contributed by atoms with van der Waals surface area (Å²) in [6, 6.07) is 0. The van der Waals surface area contributed by atoms with Crippen molar-refractivity contribution in [1.82, 2.24) is 4.90 Å². The van der Waals surface area contributed by atoms with Gasteiger partial charge < -0.3 is 18.1 Å². The number of hydrogen-bond donors (Lipinski definition) is 0. The fourth-order valence-corrected chi connectivity index (χ4v) is 8.27. The Labute approximate surface area is 145 Å². The summed E-state index contributed by atoms with van der Waals surface area (Å²) in [6.07, 6.45) is 1.49. The molecule has 0 bridgehead atoms. The molecule has 0 aromatic heterocycles. The highest BCUT2D eigenvalue weighted by Crippen LogP contribution is 2.71. The van der Waals surface area contributed by atoms with Crippen LogP contribution in [-0.4, -0.2) is 49.9 Å². The zero-order valence-electron chi connectivity index (χ0n) is 15.2. The van der Waals surface area contributed by atoms with Crippen LogP contribution in [-0.2, 0) is 27.2 Å². The Balaban J connectivity index is 3.29. The van der Waals surface area contributed by atoms with Crippen molar-refractivity contribution in [1.29, 1.82) is 0 Å². The van der Waals surface area contributed by atoms with Gasteiger partial charge in [-0.25, -0.2) is 0 Å². The van der Waals surface area contributed by atoms with Crippen LogP contribution in [0.3, 0.4) is 0 Å². The second-order valence-corrected chi connectivity index (χ2v) is 9.96. The van der Waals surface area contributed by atoms with Crippen LogP contribution < -0.4 is 0 Å². The van der Waals surface area contributed by atoms with Crippen molar-refractivity contribution in [2.75, 3.05) is 39.5 Å². The largest absolute Gasteiger partial charge is 0.360 e. The molecule has 7 nitrogen and oxygen atoms in total. The van der Waals surface area contributed by atoms with Crippen LogP contribution in [0.15, 0.2) is 12.2 Å². The number of likely N-dealkylation sites (tertiary alicyclic amines) is 1. The smallest absolute Gasteiger partial charge is 0.307 e. The maximum Gasteiger partial charge on any atom is 0.360 e. The van der Waals surface area contributed by atoms with Gasteiger partial charge in [-0.2, -0.15) is 0 Å². The first-order valence-corrected chi connectivity index (χ1v) is 11.8. The first-order chi connectivity index (χ1) is 11.4. The lowest BCUT2D eigenvalue weighted by Gasteiger charge is -2.40. The molecule has 0 radical (unpaired) electrons. The molecule has 0 amide bonds. The van der Waals surface area contributed by atoms with Crippen LogP contribution >= 0.6 is 15.2 Å². The lowest BCUT2D eigenvalue weighted by molar-refractivity contribution is 0.147. The van der Waals surface area contributed by atoms with Crippen molar-refractivity contribution in [3.63, 3.8) is 0 Å². The van der Waals surface area contributed by atoms with Gasteiger partial charge in [-0.3, -0.25) is 14.0 Å². The van der Waals surface area contributed by atoms with Gasteiger partial charge in [0.2, 0.25) is 5.52 Å². The Morgan fingerprint density at radius 3 is 1.50 bits per heavy atom. The van der Waals surface area contributed by atoms with Crippen LogP contribution in [0, 0.1) is 0 Å². The molecule has 1 heterocycles. The molecule has 1 rings (SSSR count). The van der Waals surface area contributed by atoms with Gasteiger partial charge in [0.05, 0.1) is 26.4 Å². The topological polar surface area (TPSA) is 74.3 Å². The standard InChI is InChI=1S/C15H31NO6P2/c1-6-19-23(17,20-7-2)15(16-12-10-14(5)11-13-16)24(18,21-8-3)22-9-4/h15H,5-13H2,1-4H3. The van der Waals surface area contributed by atoms with Gasteiger partial charge in [-0.05, 0) is 40.5 Å². The Morgan fingerprint density at radius 1 is 0.875 bits per heavy atom. The van der Waals surface area contributed by atoms with Gasteiger partial charge in [0.25, 0.3) is 0 Å². The molecule has 0 saturated carbocycles. The van der Waals surface area contributed by atoms with Crippen molar-refractivity contribution < 1.29 is 27.2 Å². The Kier molecular flexibility index (Phi) is 9.39. The molecular weight excluding hydrogens is 352 g/mol. The van der Waals surface area contributed by atoms with E-state index in [0.29, 0.717) is 13.1 Å². The second-order valence-electron chi connectivity index (χ2n) is 5.38. The minimum atomic E-state index is -3.72. The molecule has 9 heteroatoms. The minimum Gasteiger partial charge on any atom is -0.307 e. The van der Waals surface area contributed by atoms with E-state index in [4.69, 9.17) is 18.1 Å². The molecule has 0 aromatic carbocycles. The van der Waals surface area contributed by atoms with Crippen molar-refractivity contribution in [3.8, 4) is 0 Å². The Hall–Kier alpha value is -0.0000000000000000416. The molecule has 0 spiro atoms. The number of rotatable bonds is 11. The minimum absolute atomic E-state index is 0.187. The van der Waals surface area contributed by atoms with E-state index in [1.54, 1.807) is 27.7 Å². The van der Waals surface area contributed by atoms with E-state index in [9.17, 15) is 9.13 Å². The van der Waals surface area contributed by atoms with Crippen molar-refractivity contribution >= 4 is 15.2 Å². The monoisotopic (exact) mass is 383 g/mol. The summed E-state index contributed by atoms with van der Waals surface area (Å²) in [5, 5.41) is 0. The normalized spacial score (nSPS) is 17.6. The maximum atomic E-state index is 13.4. The molecule has 0 aromatic rings. The molecule has 24 heavy (non-hydrogen) atoms. The molecule has 0 N–H and O–H groups in total. The van der Waals surface area contributed by atoms with E-state index in [-0.39, 0.29) is 26.4 Å². The molecule has 1 fully saturated rings. The van der Waals surface area contributed by atoms with E-state index in [0.717, 1.165) is 18.4 Å². The van der Waals surface area contributed by atoms with E-state index < -0.39 is 20.7 Å². The fraction of sp³-hybridized carbons (Fsp3) is 0.867. The lowest BCUT2D eigenvalue weighted by Crippen LogP contribution is -2.41. The molecule has 0 unspecified atom stereocenters. The summed E-state index contributed by atoms with van der Waals surface area (Å²) in [5.74, 6) is 0. The van der Waals surface area contributed by atoms with E-state index in [1.807, 2.05) is 4.90 Å². The summed E-state index contributed by atoms with van der Waals surface area (Å²) in [7, 11) is -7.43. The van der Waals surface area contributed by atoms with Gasteiger partial charge >= 0.3 is 15.2 Å². The van der Waals surface area contributed by atoms with Crippen LogP contribution in [0.5, 0.6) is 0 Å². The van der Waals surface area contributed by atoms with Crippen LogP contribution in [0.1, 0.15) is 40.5 Å². The lowest BCUT2D eigenvalue weighted by atomic mass is 10.1. The Bertz CT molecular complexity index is 438. The first kappa shape index (κ1) is 22.0. The number of nitrogens with zero attached hydrogens (tertiary/aromatic N) is 1. The van der Waals surface area contributed by atoms with Crippen LogP contribution in [0.25, 0.3) is 0 Å². The van der Waals surface area contributed by atoms with Crippen LogP contribution in [0.4, 0.5) is 0 Å². The van der Waals surface area contributed by atoms with Crippen LogP contribution in [0.2, 0.25) is 0 Å². The summed E-state index contributed by atoms with van der Waals surface area (Å²) in [5.41, 5.74) is 0.0632. The first-order valence-electron chi connectivity index (χ1n) is 8.55. The predicted molar refractivity (Wildman–Crippen MR) is 95.5 cm³/mol. The summed E-state index contributed by atoms with van der Waals surface area (Å²) >= 11 is 0. The summed E-state index contributed by atoms with van der Waals surface area (Å²) in [6.45, 7) is 12.8. The zero-order valence-corrected chi connectivity index (χ0v) is 17.0. The highest BCUT2D eigenvalue weighted by atomic mass is 31.2. The molecule has 0 aliphatic carbocycles. The summed E-state index contributed by atoms with van der Waals surface area (Å²) in [4.78, 5) is 1.85. The van der Waals surface area contributed by atoms with Crippen molar-refractivity contribution in [2.24, 2.45) is 0 Å². The van der Waals surface area contributed by atoms with E-state index in [2.05, 4.69) is 6.58 Å². The Morgan fingerprint density at radius 2 is 1.21 bits per heavy atom. The number of hydrogen-bond acceptors (Lipinski definition) is 7. The van der Waals surface area contributed by atoms with Gasteiger partial charge in [0.1, 0.15) is 0 Å². The average molecular weight is 383 g/mol. The van der Waals surface area contributed by atoms with E-state index in [1.165, 1.54) is 0 Å². The van der Waals surface area contributed by atoms with Gasteiger partial charge in [0.15, 0.2) is 0 Å². The predicted octanol–water partition coefficient (Wildman–Crippen LogP) is 4.45. The highest BCUT2D eigenvalue weighted by Gasteiger charge is 2.54. The van der Waals surface area contributed by atoms with Crippen molar-refractivity contribution in [3.05, 3.63) is 12.2 Å². The molecule has 1 aliphatic heterocycles. The quantitative estimate of drug-likeness (QED) is 0.385.